The van der Waals surface area contributed by atoms with Crippen LogP contribution in [-0.4, -0.2) is 18.4 Å². The van der Waals surface area contributed by atoms with Crippen molar-refractivity contribution in [2.24, 2.45) is 5.73 Å². The normalized spacial score (nSPS) is 9.79. The molecule has 0 rings (SSSR count). The number of primary amides is 1. The highest BCUT2D eigenvalue weighted by Crippen LogP contribution is 1.95. The largest absolute Gasteiger partial charge is 0.370 e. The lowest BCUT2D eigenvalue weighted by Gasteiger charge is -2.03. The first kappa shape index (κ1) is 12.9. The van der Waals surface area contributed by atoms with Crippen molar-refractivity contribution < 1.29 is 9.59 Å². The smallest absolute Gasteiger partial charge is 0.220 e. The molecule has 82 valence electrons. The molecule has 4 nitrogen and oxygen atoms in total. The van der Waals surface area contributed by atoms with Crippen molar-refractivity contribution in [2.45, 2.75) is 45.4 Å². The fraction of sp³-hybridized carbons (Fsp3) is 0.800. The van der Waals surface area contributed by atoms with E-state index in [4.69, 9.17) is 5.73 Å². The molecule has 4 heteroatoms. The van der Waals surface area contributed by atoms with Crippen LogP contribution in [0.2, 0.25) is 0 Å². The second-order valence-electron chi connectivity index (χ2n) is 3.38. The van der Waals surface area contributed by atoms with Crippen LogP contribution in [-0.2, 0) is 9.59 Å². The van der Waals surface area contributed by atoms with Crippen molar-refractivity contribution in [3.05, 3.63) is 0 Å². The summed E-state index contributed by atoms with van der Waals surface area (Å²) in [7, 11) is 0. The Labute approximate surface area is 85.2 Å². The maximum absolute atomic E-state index is 11.1. The summed E-state index contributed by atoms with van der Waals surface area (Å²) < 4.78 is 0. The minimum Gasteiger partial charge on any atom is -0.370 e. The summed E-state index contributed by atoms with van der Waals surface area (Å²) in [6.45, 7) is 2.86. The highest BCUT2D eigenvalue weighted by atomic mass is 16.2. The monoisotopic (exact) mass is 200 g/mol. The molecule has 14 heavy (non-hydrogen) atoms. The molecular formula is C10H20N2O2. The molecule has 0 fully saturated rings. The molecule has 0 aromatic carbocycles. The first-order valence-corrected chi connectivity index (χ1v) is 5.21. The fourth-order valence-electron chi connectivity index (χ4n) is 1.11. The van der Waals surface area contributed by atoms with E-state index in [1.807, 2.05) is 0 Å². The van der Waals surface area contributed by atoms with E-state index in [-0.39, 0.29) is 11.8 Å². The second-order valence-corrected chi connectivity index (χ2v) is 3.38. The molecule has 0 bridgehead atoms. The molecule has 0 spiro atoms. The van der Waals surface area contributed by atoms with Crippen molar-refractivity contribution in [3.63, 3.8) is 0 Å². The zero-order valence-corrected chi connectivity index (χ0v) is 8.84. The Bertz CT molecular complexity index is 181. The summed E-state index contributed by atoms with van der Waals surface area (Å²) in [6.07, 6.45) is 4.56. The molecule has 0 radical (unpaired) electrons. The van der Waals surface area contributed by atoms with Crippen LogP contribution in [0.3, 0.4) is 0 Å². The van der Waals surface area contributed by atoms with Crippen LogP contribution >= 0.6 is 0 Å². The van der Waals surface area contributed by atoms with Crippen molar-refractivity contribution >= 4 is 11.8 Å². The lowest BCUT2D eigenvalue weighted by Crippen LogP contribution is -2.24. The van der Waals surface area contributed by atoms with E-state index in [2.05, 4.69) is 12.2 Å². The molecule has 0 saturated heterocycles. The third-order valence-corrected chi connectivity index (χ3v) is 1.93. The molecule has 0 aliphatic rings. The number of carbonyl (C=O) groups is 2. The number of hydrogen-bond acceptors (Lipinski definition) is 2. The van der Waals surface area contributed by atoms with Crippen LogP contribution in [0.4, 0.5) is 0 Å². The van der Waals surface area contributed by atoms with Gasteiger partial charge in [0.25, 0.3) is 0 Å². The van der Waals surface area contributed by atoms with Gasteiger partial charge in [-0.25, -0.2) is 0 Å². The minimum absolute atomic E-state index is 0.0161. The lowest BCUT2D eigenvalue weighted by atomic mass is 10.2. The predicted molar refractivity (Wildman–Crippen MR) is 55.6 cm³/mol. The van der Waals surface area contributed by atoms with Gasteiger partial charge in [0.1, 0.15) is 0 Å². The fourth-order valence-corrected chi connectivity index (χ4v) is 1.11. The summed E-state index contributed by atoms with van der Waals surface area (Å²) in [5, 5.41) is 2.80. The molecule has 0 unspecified atom stereocenters. The average Bonchev–Trinajstić information content (AvgIpc) is 2.12. The Hall–Kier alpha value is -1.06. The highest BCUT2D eigenvalue weighted by Gasteiger charge is 2.01. The van der Waals surface area contributed by atoms with Crippen molar-refractivity contribution in [2.75, 3.05) is 6.54 Å². The molecule has 0 aliphatic carbocycles. The predicted octanol–water partition coefficient (Wildman–Crippen LogP) is 0.948. The molecule has 3 N–H and O–H groups in total. The van der Waals surface area contributed by atoms with Gasteiger partial charge in [-0.05, 0) is 12.8 Å². The minimum atomic E-state index is -0.344. The van der Waals surface area contributed by atoms with Gasteiger partial charge in [0.05, 0.1) is 0 Å². The van der Waals surface area contributed by atoms with Crippen LogP contribution in [0, 0.1) is 0 Å². The topological polar surface area (TPSA) is 72.2 Å². The molecule has 0 aromatic rings. The van der Waals surface area contributed by atoms with E-state index in [1.165, 1.54) is 0 Å². The maximum Gasteiger partial charge on any atom is 0.220 e. The number of amides is 2. The van der Waals surface area contributed by atoms with Gasteiger partial charge in [-0.3, -0.25) is 9.59 Å². The van der Waals surface area contributed by atoms with Gasteiger partial charge in [0, 0.05) is 19.4 Å². The first-order valence-electron chi connectivity index (χ1n) is 5.21. The number of nitrogens with one attached hydrogen (secondary N) is 1. The van der Waals surface area contributed by atoms with E-state index in [0.29, 0.717) is 19.3 Å². The summed E-state index contributed by atoms with van der Waals surface area (Å²) in [5.74, 6) is -0.328. The Morgan fingerprint density at radius 1 is 1.14 bits per heavy atom. The standard InChI is InChI=1S/C10H20N2O2/c1-2-3-4-8-12-10(14)7-5-6-9(11)13/h2-8H2,1H3,(H2,11,13)(H,12,14). The summed E-state index contributed by atoms with van der Waals surface area (Å²) in [4.78, 5) is 21.5. The van der Waals surface area contributed by atoms with Gasteiger partial charge < -0.3 is 11.1 Å². The molecule has 0 saturated carbocycles. The summed E-state index contributed by atoms with van der Waals surface area (Å²) >= 11 is 0. The summed E-state index contributed by atoms with van der Waals surface area (Å²) in [5.41, 5.74) is 4.95. The lowest BCUT2D eigenvalue weighted by molar-refractivity contribution is -0.121. The van der Waals surface area contributed by atoms with Crippen LogP contribution in [0.1, 0.15) is 45.4 Å². The number of rotatable bonds is 8. The maximum atomic E-state index is 11.1. The van der Waals surface area contributed by atoms with E-state index < -0.39 is 0 Å². The third-order valence-electron chi connectivity index (χ3n) is 1.93. The van der Waals surface area contributed by atoms with Gasteiger partial charge in [-0.2, -0.15) is 0 Å². The molecule has 0 aromatic heterocycles. The zero-order valence-electron chi connectivity index (χ0n) is 8.84. The number of hydrogen-bond donors (Lipinski definition) is 2. The van der Waals surface area contributed by atoms with Gasteiger partial charge in [-0.1, -0.05) is 19.8 Å². The quantitative estimate of drug-likeness (QED) is 0.572. The van der Waals surface area contributed by atoms with Gasteiger partial charge in [0.2, 0.25) is 11.8 Å². The Kier molecular flexibility index (Phi) is 7.89. The van der Waals surface area contributed by atoms with Gasteiger partial charge in [-0.15, -0.1) is 0 Å². The van der Waals surface area contributed by atoms with Gasteiger partial charge >= 0.3 is 0 Å². The Morgan fingerprint density at radius 2 is 1.86 bits per heavy atom. The van der Waals surface area contributed by atoms with Crippen LogP contribution in [0.5, 0.6) is 0 Å². The van der Waals surface area contributed by atoms with Crippen molar-refractivity contribution in [3.8, 4) is 0 Å². The Morgan fingerprint density at radius 3 is 2.43 bits per heavy atom. The van der Waals surface area contributed by atoms with Gasteiger partial charge in [0.15, 0.2) is 0 Å². The number of carbonyl (C=O) groups excluding carboxylic acids is 2. The second kappa shape index (κ2) is 8.53. The molecule has 0 atom stereocenters. The van der Waals surface area contributed by atoms with Crippen molar-refractivity contribution in [1.29, 1.82) is 0 Å². The first-order chi connectivity index (χ1) is 6.66. The van der Waals surface area contributed by atoms with Crippen molar-refractivity contribution in [1.82, 2.24) is 5.32 Å². The van der Waals surface area contributed by atoms with E-state index in [0.717, 1.165) is 25.8 Å². The van der Waals surface area contributed by atoms with E-state index in [1.54, 1.807) is 0 Å². The highest BCUT2D eigenvalue weighted by molar-refractivity contribution is 5.77. The Balaban J connectivity index is 3.24. The van der Waals surface area contributed by atoms with Crippen LogP contribution in [0.25, 0.3) is 0 Å². The van der Waals surface area contributed by atoms with Crippen LogP contribution in [0.15, 0.2) is 0 Å². The SMILES string of the molecule is CCCCCNC(=O)CCCC(N)=O. The third kappa shape index (κ3) is 9.03. The molecule has 0 heterocycles. The number of unbranched alkanes of at least 4 members (excludes halogenated alkanes) is 2. The molecule has 0 aliphatic heterocycles. The van der Waals surface area contributed by atoms with Crippen LogP contribution < -0.4 is 11.1 Å². The molecule has 2 amide bonds. The zero-order chi connectivity index (χ0) is 10.8. The average molecular weight is 200 g/mol. The summed E-state index contributed by atoms with van der Waals surface area (Å²) in [6, 6.07) is 0. The van der Waals surface area contributed by atoms with E-state index >= 15 is 0 Å². The number of nitrogens with two attached hydrogens (primary N) is 1. The van der Waals surface area contributed by atoms with E-state index in [9.17, 15) is 9.59 Å². The molecular weight excluding hydrogens is 180 g/mol.